The number of halogens is 1. The summed E-state index contributed by atoms with van der Waals surface area (Å²) in [5, 5.41) is 3.33. The second-order valence-corrected chi connectivity index (χ2v) is 5.16. The van der Waals surface area contributed by atoms with Crippen LogP contribution in [0.25, 0.3) is 0 Å². The summed E-state index contributed by atoms with van der Waals surface area (Å²) in [5.74, 6) is -0.127. The SMILES string of the molecule is CC(c1ccccc1F)N(C)CCC1CNCCO1. The zero-order chi connectivity index (χ0) is 13.7. The van der Waals surface area contributed by atoms with Gasteiger partial charge in [0.1, 0.15) is 5.82 Å². The molecule has 1 N–H and O–H groups in total. The summed E-state index contributed by atoms with van der Waals surface area (Å²) in [6.45, 7) is 5.59. The summed E-state index contributed by atoms with van der Waals surface area (Å²) in [6.07, 6.45) is 1.26. The highest BCUT2D eigenvalue weighted by atomic mass is 19.1. The van der Waals surface area contributed by atoms with Gasteiger partial charge in [0.15, 0.2) is 0 Å². The predicted octanol–water partition coefficient (Wildman–Crippen LogP) is 2.20. The number of hydrogen-bond acceptors (Lipinski definition) is 3. The first-order chi connectivity index (χ1) is 9.18. The molecule has 3 nitrogen and oxygen atoms in total. The fourth-order valence-corrected chi connectivity index (χ4v) is 2.40. The highest BCUT2D eigenvalue weighted by molar-refractivity contribution is 5.20. The van der Waals surface area contributed by atoms with Gasteiger partial charge in [0, 0.05) is 31.2 Å². The Bertz CT molecular complexity index is 393. The van der Waals surface area contributed by atoms with Gasteiger partial charge in [0.25, 0.3) is 0 Å². The molecule has 0 saturated carbocycles. The topological polar surface area (TPSA) is 24.5 Å². The lowest BCUT2D eigenvalue weighted by atomic mass is 10.1. The van der Waals surface area contributed by atoms with E-state index < -0.39 is 0 Å². The zero-order valence-electron chi connectivity index (χ0n) is 11.7. The van der Waals surface area contributed by atoms with E-state index in [0.717, 1.165) is 38.2 Å². The fraction of sp³-hybridized carbons (Fsp3) is 0.600. The molecule has 0 aromatic heterocycles. The van der Waals surface area contributed by atoms with Gasteiger partial charge in [-0.1, -0.05) is 18.2 Å². The first kappa shape index (κ1) is 14.4. The largest absolute Gasteiger partial charge is 0.376 e. The summed E-state index contributed by atoms with van der Waals surface area (Å²) in [6, 6.07) is 7.07. The van der Waals surface area contributed by atoms with Crippen molar-refractivity contribution in [3.63, 3.8) is 0 Å². The number of benzene rings is 1. The molecule has 0 amide bonds. The van der Waals surface area contributed by atoms with Crippen LogP contribution in [0.5, 0.6) is 0 Å². The summed E-state index contributed by atoms with van der Waals surface area (Å²) in [5.41, 5.74) is 0.757. The number of ether oxygens (including phenoxy) is 1. The molecular formula is C15H23FN2O. The van der Waals surface area contributed by atoms with Crippen molar-refractivity contribution in [2.45, 2.75) is 25.5 Å². The Hall–Kier alpha value is -0.970. The van der Waals surface area contributed by atoms with Crippen LogP contribution in [0, 0.1) is 5.82 Å². The summed E-state index contributed by atoms with van der Waals surface area (Å²) < 4.78 is 19.4. The molecule has 1 aromatic rings. The maximum atomic E-state index is 13.7. The van der Waals surface area contributed by atoms with Gasteiger partial charge in [-0.3, -0.25) is 4.90 Å². The van der Waals surface area contributed by atoms with Crippen molar-refractivity contribution in [3.05, 3.63) is 35.6 Å². The minimum absolute atomic E-state index is 0.0812. The van der Waals surface area contributed by atoms with Crippen LogP contribution in [-0.4, -0.2) is 44.3 Å². The maximum absolute atomic E-state index is 13.7. The van der Waals surface area contributed by atoms with Gasteiger partial charge < -0.3 is 10.1 Å². The third-order valence-electron chi connectivity index (χ3n) is 3.82. The molecule has 2 atom stereocenters. The zero-order valence-corrected chi connectivity index (χ0v) is 11.7. The molecule has 0 bridgehead atoms. The third kappa shape index (κ3) is 4.00. The molecule has 1 fully saturated rings. The average Bonchev–Trinajstić information content (AvgIpc) is 2.45. The number of nitrogens with zero attached hydrogens (tertiary/aromatic N) is 1. The molecule has 19 heavy (non-hydrogen) atoms. The molecule has 0 aliphatic carbocycles. The van der Waals surface area contributed by atoms with Crippen molar-refractivity contribution in [2.75, 3.05) is 33.3 Å². The van der Waals surface area contributed by atoms with Crippen molar-refractivity contribution in [3.8, 4) is 0 Å². The highest BCUT2D eigenvalue weighted by Gasteiger charge is 2.18. The number of nitrogens with one attached hydrogen (secondary N) is 1. The van der Waals surface area contributed by atoms with Gasteiger partial charge in [-0.15, -0.1) is 0 Å². The summed E-state index contributed by atoms with van der Waals surface area (Å²) >= 11 is 0. The second-order valence-electron chi connectivity index (χ2n) is 5.16. The van der Waals surface area contributed by atoms with E-state index in [4.69, 9.17) is 4.74 Å². The lowest BCUT2D eigenvalue weighted by Gasteiger charge is -2.29. The van der Waals surface area contributed by atoms with E-state index in [2.05, 4.69) is 10.2 Å². The smallest absolute Gasteiger partial charge is 0.127 e. The summed E-state index contributed by atoms with van der Waals surface area (Å²) in [7, 11) is 2.04. The minimum atomic E-state index is -0.127. The highest BCUT2D eigenvalue weighted by Crippen LogP contribution is 2.21. The van der Waals surface area contributed by atoms with E-state index >= 15 is 0 Å². The number of morpholine rings is 1. The molecule has 2 rings (SSSR count). The Labute approximate surface area is 114 Å². The van der Waals surface area contributed by atoms with Crippen molar-refractivity contribution in [1.82, 2.24) is 10.2 Å². The van der Waals surface area contributed by atoms with Gasteiger partial charge >= 0.3 is 0 Å². The average molecular weight is 266 g/mol. The first-order valence-corrected chi connectivity index (χ1v) is 6.95. The Kier molecular flexibility index (Phi) is 5.31. The Morgan fingerprint density at radius 2 is 2.26 bits per heavy atom. The van der Waals surface area contributed by atoms with E-state index in [-0.39, 0.29) is 18.0 Å². The van der Waals surface area contributed by atoms with Gasteiger partial charge in [-0.2, -0.15) is 0 Å². The van der Waals surface area contributed by atoms with Crippen molar-refractivity contribution >= 4 is 0 Å². The summed E-state index contributed by atoms with van der Waals surface area (Å²) in [4.78, 5) is 2.18. The van der Waals surface area contributed by atoms with E-state index in [1.807, 2.05) is 26.1 Å². The van der Waals surface area contributed by atoms with Crippen LogP contribution in [0.2, 0.25) is 0 Å². The van der Waals surface area contributed by atoms with E-state index in [1.165, 1.54) is 6.07 Å². The predicted molar refractivity (Wildman–Crippen MR) is 74.7 cm³/mol. The molecule has 1 aromatic carbocycles. The Morgan fingerprint density at radius 1 is 1.47 bits per heavy atom. The van der Waals surface area contributed by atoms with Crippen LogP contribution < -0.4 is 5.32 Å². The third-order valence-corrected chi connectivity index (χ3v) is 3.82. The lowest BCUT2D eigenvalue weighted by molar-refractivity contribution is 0.0168. The molecular weight excluding hydrogens is 243 g/mol. The molecule has 1 aliphatic rings. The first-order valence-electron chi connectivity index (χ1n) is 6.95. The van der Waals surface area contributed by atoms with Crippen molar-refractivity contribution in [2.24, 2.45) is 0 Å². The lowest BCUT2D eigenvalue weighted by Crippen LogP contribution is -2.40. The fourth-order valence-electron chi connectivity index (χ4n) is 2.40. The molecule has 0 spiro atoms. The second kappa shape index (κ2) is 6.98. The molecule has 106 valence electrons. The van der Waals surface area contributed by atoms with Gasteiger partial charge in [-0.25, -0.2) is 4.39 Å². The van der Waals surface area contributed by atoms with Crippen LogP contribution in [0.4, 0.5) is 4.39 Å². The van der Waals surface area contributed by atoms with Gasteiger partial charge in [0.2, 0.25) is 0 Å². The van der Waals surface area contributed by atoms with Crippen LogP contribution in [-0.2, 0) is 4.74 Å². The molecule has 4 heteroatoms. The minimum Gasteiger partial charge on any atom is -0.376 e. The van der Waals surface area contributed by atoms with Crippen LogP contribution in [0.1, 0.15) is 24.9 Å². The monoisotopic (exact) mass is 266 g/mol. The molecule has 0 radical (unpaired) electrons. The normalized spacial score (nSPS) is 21.6. The number of hydrogen-bond donors (Lipinski definition) is 1. The van der Waals surface area contributed by atoms with E-state index in [9.17, 15) is 4.39 Å². The van der Waals surface area contributed by atoms with Crippen LogP contribution in [0.3, 0.4) is 0 Å². The van der Waals surface area contributed by atoms with Crippen molar-refractivity contribution in [1.29, 1.82) is 0 Å². The standard InChI is InChI=1S/C15H23FN2O/c1-12(14-5-3-4-6-15(14)16)18(2)9-7-13-11-17-8-10-19-13/h3-6,12-13,17H,7-11H2,1-2H3. The van der Waals surface area contributed by atoms with E-state index in [1.54, 1.807) is 6.07 Å². The van der Waals surface area contributed by atoms with Crippen molar-refractivity contribution < 1.29 is 9.13 Å². The van der Waals surface area contributed by atoms with Gasteiger partial charge in [-0.05, 0) is 26.5 Å². The quantitative estimate of drug-likeness (QED) is 0.884. The van der Waals surface area contributed by atoms with Gasteiger partial charge in [0.05, 0.1) is 12.7 Å². The van der Waals surface area contributed by atoms with Crippen LogP contribution >= 0.6 is 0 Å². The molecule has 1 saturated heterocycles. The van der Waals surface area contributed by atoms with Crippen LogP contribution in [0.15, 0.2) is 24.3 Å². The number of rotatable bonds is 5. The molecule has 1 heterocycles. The molecule has 1 aliphatic heterocycles. The molecule has 2 unspecified atom stereocenters. The maximum Gasteiger partial charge on any atom is 0.127 e. The Morgan fingerprint density at radius 3 is 2.95 bits per heavy atom. The van der Waals surface area contributed by atoms with E-state index in [0.29, 0.717) is 0 Å². The Balaban J connectivity index is 1.85.